The Bertz CT molecular complexity index is 315. The molecule has 0 bridgehead atoms. The first-order valence-electron chi connectivity index (χ1n) is 5.47. The number of nitrogens with zero attached hydrogens (tertiary/aromatic N) is 2. The highest BCUT2D eigenvalue weighted by molar-refractivity contribution is 7.15. The summed E-state index contributed by atoms with van der Waals surface area (Å²) in [5.74, 6) is 0.378. The summed E-state index contributed by atoms with van der Waals surface area (Å²) in [4.78, 5) is 0. The summed E-state index contributed by atoms with van der Waals surface area (Å²) in [6.45, 7) is 2.22. The lowest BCUT2D eigenvalue weighted by Crippen LogP contribution is -2.34. The van der Waals surface area contributed by atoms with E-state index >= 15 is 0 Å². The highest BCUT2D eigenvalue weighted by Gasteiger charge is 2.24. The van der Waals surface area contributed by atoms with Gasteiger partial charge in [0.05, 0.1) is 0 Å². The number of hydrogen-bond donors (Lipinski definition) is 2. The Labute approximate surface area is 93.7 Å². The van der Waals surface area contributed by atoms with Crippen LogP contribution in [0.1, 0.15) is 30.7 Å². The van der Waals surface area contributed by atoms with Crippen LogP contribution >= 0.6 is 11.3 Å². The number of aliphatic hydroxyl groups excluding tert-OH is 1. The number of nitrogens with one attached hydrogen (secondary N) is 1. The van der Waals surface area contributed by atoms with Gasteiger partial charge in [-0.25, -0.2) is 0 Å². The molecule has 1 heterocycles. The summed E-state index contributed by atoms with van der Waals surface area (Å²) in [7, 11) is 0. The fourth-order valence-corrected chi connectivity index (χ4v) is 2.78. The number of aryl methyl sites for hydroxylation is 1. The number of rotatable bonds is 3. The lowest BCUT2D eigenvalue weighted by Gasteiger charge is -2.30. The Balaban J connectivity index is 1.97. The van der Waals surface area contributed by atoms with Crippen LogP contribution in [0, 0.1) is 12.8 Å². The van der Waals surface area contributed by atoms with E-state index in [0.717, 1.165) is 23.0 Å². The molecule has 2 unspecified atom stereocenters. The minimum atomic E-state index is 0.273. The minimum Gasteiger partial charge on any atom is -0.396 e. The van der Waals surface area contributed by atoms with Crippen molar-refractivity contribution >= 4 is 16.5 Å². The average Bonchev–Trinajstić information content (AvgIpc) is 2.65. The van der Waals surface area contributed by atoms with Gasteiger partial charge >= 0.3 is 0 Å². The van der Waals surface area contributed by atoms with Crippen LogP contribution in [0.3, 0.4) is 0 Å². The second kappa shape index (κ2) is 4.90. The van der Waals surface area contributed by atoms with E-state index in [1.54, 1.807) is 11.3 Å². The van der Waals surface area contributed by atoms with E-state index in [0.29, 0.717) is 12.0 Å². The Morgan fingerprint density at radius 3 is 2.87 bits per heavy atom. The Kier molecular flexibility index (Phi) is 3.53. The van der Waals surface area contributed by atoms with E-state index in [1.807, 2.05) is 6.92 Å². The standard InChI is InChI=1S/C10H17N3OS/c1-7-12-13-10(15-7)11-9-5-3-2-4-8(9)6-14/h8-9,14H,2-6H2,1H3,(H,11,13). The van der Waals surface area contributed by atoms with Crippen molar-refractivity contribution in [2.24, 2.45) is 5.92 Å². The van der Waals surface area contributed by atoms with Crippen molar-refractivity contribution in [2.45, 2.75) is 38.6 Å². The van der Waals surface area contributed by atoms with Crippen molar-refractivity contribution in [3.63, 3.8) is 0 Å². The van der Waals surface area contributed by atoms with Gasteiger partial charge in [-0.3, -0.25) is 0 Å². The molecule has 1 saturated carbocycles. The molecule has 2 rings (SSSR count). The highest BCUT2D eigenvalue weighted by atomic mass is 32.1. The fraction of sp³-hybridized carbons (Fsp3) is 0.800. The first-order valence-corrected chi connectivity index (χ1v) is 6.28. The van der Waals surface area contributed by atoms with Gasteiger partial charge in [-0.2, -0.15) is 0 Å². The van der Waals surface area contributed by atoms with Crippen LogP contribution in [0.2, 0.25) is 0 Å². The molecule has 1 fully saturated rings. The first-order chi connectivity index (χ1) is 7.29. The molecule has 0 aromatic carbocycles. The topological polar surface area (TPSA) is 58.0 Å². The van der Waals surface area contributed by atoms with Gasteiger partial charge in [0, 0.05) is 18.6 Å². The zero-order valence-electron chi connectivity index (χ0n) is 8.94. The van der Waals surface area contributed by atoms with Gasteiger partial charge < -0.3 is 10.4 Å². The van der Waals surface area contributed by atoms with Gasteiger partial charge in [0.25, 0.3) is 0 Å². The number of aromatic nitrogens is 2. The van der Waals surface area contributed by atoms with Crippen molar-refractivity contribution in [3.8, 4) is 0 Å². The Hall–Kier alpha value is -0.680. The maximum absolute atomic E-state index is 9.27. The molecule has 15 heavy (non-hydrogen) atoms. The van der Waals surface area contributed by atoms with Crippen LogP contribution in [0.5, 0.6) is 0 Å². The second-order valence-electron chi connectivity index (χ2n) is 4.10. The molecule has 2 atom stereocenters. The van der Waals surface area contributed by atoms with E-state index in [1.165, 1.54) is 12.8 Å². The normalized spacial score (nSPS) is 26.5. The molecule has 0 aliphatic heterocycles. The quantitative estimate of drug-likeness (QED) is 0.827. The number of anilines is 1. The summed E-state index contributed by atoms with van der Waals surface area (Å²) in [5, 5.41) is 22.6. The Morgan fingerprint density at radius 1 is 1.40 bits per heavy atom. The third-order valence-electron chi connectivity index (χ3n) is 2.98. The largest absolute Gasteiger partial charge is 0.396 e. The molecule has 4 nitrogen and oxygen atoms in total. The highest BCUT2D eigenvalue weighted by Crippen LogP contribution is 2.27. The van der Waals surface area contributed by atoms with Crippen molar-refractivity contribution in [2.75, 3.05) is 11.9 Å². The molecule has 2 N–H and O–H groups in total. The van der Waals surface area contributed by atoms with Crippen LogP contribution in [0.15, 0.2) is 0 Å². The van der Waals surface area contributed by atoms with Crippen LogP contribution in [-0.4, -0.2) is 28.0 Å². The lowest BCUT2D eigenvalue weighted by atomic mass is 9.85. The summed E-state index contributed by atoms with van der Waals surface area (Å²) < 4.78 is 0. The molecule has 1 aliphatic carbocycles. The lowest BCUT2D eigenvalue weighted by molar-refractivity contribution is 0.178. The SMILES string of the molecule is Cc1nnc(NC2CCCCC2CO)s1. The summed E-state index contributed by atoms with van der Waals surface area (Å²) in [6, 6.07) is 0.371. The van der Waals surface area contributed by atoms with Crippen molar-refractivity contribution < 1.29 is 5.11 Å². The molecular weight excluding hydrogens is 210 g/mol. The minimum absolute atomic E-state index is 0.273. The zero-order valence-corrected chi connectivity index (χ0v) is 9.76. The first kappa shape index (κ1) is 10.8. The van der Waals surface area contributed by atoms with Crippen LogP contribution in [0.25, 0.3) is 0 Å². The van der Waals surface area contributed by atoms with E-state index in [2.05, 4.69) is 15.5 Å². The maximum atomic E-state index is 9.27. The van der Waals surface area contributed by atoms with Gasteiger partial charge in [0.15, 0.2) is 0 Å². The van der Waals surface area contributed by atoms with E-state index in [-0.39, 0.29) is 6.61 Å². The Morgan fingerprint density at radius 2 is 2.20 bits per heavy atom. The fourth-order valence-electron chi connectivity index (χ4n) is 2.13. The molecule has 1 aromatic rings. The van der Waals surface area contributed by atoms with Gasteiger partial charge in [-0.1, -0.05) is 24.2 Å². The van der Waals surface area contributed by atoms with Gasteiger partial charge in [0.2, 0.25) is 5.13 Å². The van der Waals surface area contributed by atoms with Crippen LogP contribution < -0.4 is 5.32 Å². The van der Waals surface area contributed by atoms with Gasteiger partial charge in [0.1, 0.15) is 5.01 Å². The van der Waals surface area contributed by atoms with Crippen LogP contribution in [0.4, 0.5) is 5.13 Å². The molecule has 0 radical (unpaired) electrons. The smallest absolute Gasteiger partial charge is 0.205 e. The third kappa shape index (κ3) is 2.66. The summed E-state index contributed by atoms with van der Waals surface area (Å²) >= 11 is 1.58. The predicted molar refractivity (Wildman–Crippen MR) is 61.1 cm³/mol. The van der Waals surface area contributed by atoms with E-state index < -0.39 is 0 Å². The zero-order chi connectivity index (χ0) is 10.7. The van der Waals surface area contributed by atoms with Gasteiger partial charge in [-0.05, 0) is 19.8 Å². The van der Waals surface area contributed by atoms with Gasteiger partial charge in [-0.15, -0.1) is 10.2 Å². The van der Waals surface area contributed by atoms with Crippen molar-refractivity contribution in [3.05, 3.63) is 5.01 Å². The predicted octanol–water partition coefficient (Wildman–Crippen LogP) is 1.81. The van der Waals surface area contributed by atoms with Crippen molar-refractivity contribution in [1.82, 2.24) is 10.2 Å². The maximum Gasteiger partial charge on any atom is 0.205 e. The van der Waals surface area contributed by atoms with E-state index in [9.17, 15) is 5.11 Å². The molecule has 0 spiro atoms. The monoisotopic (exact) mass is 227 g/mol. The molecule has 84 valence electrons. The molecule has 1 aromatic heterocycles. The van der Waals surface area contributed by atoms with E-state index in [4.69, 9.17) is 0 Å². The summed E-state index contributed by atoms with van der Waals surface area (Å²) in [5.41, 5.74) is 0. The van der Waals surface area contributed by atoms with Crippen molar-refractivity contribution in [1.29, 1.82) is 0 Å². The molecule has 1 aliphatic rings. The van der Waals surface area contributed by atoms with Crippen LogP contribution in [-0.2, 0) is 0 Å². The number of hydrogen-bond acceptors (Lipinski definition) is 5. The summed E-state index contributed by atoms with van der Waals surface area (Å²) in [6.07, 6.45) is 4.72. The molecule has 5 heteroatoms. The molecular formula is C10H17N3OS. The molecule has 0 saturated heterocycles. The molecule has 0 amide bonds. The second-order valence-corrected chi connectivity index (χ2v) is 5.29. The number of aliphatic hydroxyl groups is 1. The average molecular weight is 227 g/mol. The third-order valence-corrected chi connectivity index (χ3v) is 3.75.